The van der Waals surface area contributed by atoms with Gasteiger partial charge in [0.2, 0.25) is 5.91 Å². The molecule has 16 heavy (non-hydrogen) atoms. The summed E-state index contributed by atoms with van der Waals surface area (Å²) in [6, 6.07) is 3.72. The summed E-state index contributed by atoms with van der Waals surface area (Å²) < 4.78 is 0. The van der Waals surface area contributed by atoms with Crippen molar-refractivity contribution in [3.63, 3.8) is 0 Å². The highest BCUT2D eigenvalue weighted by Gasteiger charge is 2.17. The first-order valence-electron chi connectivity index (χ1n) is 5.64. The first kappa shape index (κ1) is 11.4. The quantitative estimate of drug-likeness (QED) is 0.757. The molecule has 1 aliphatic heterocycles. The molecule has 1 aromatic heterocycles. The van der Waals surface area contributed by atoms with E-state index in [-0.39, 0.29) is 5.91 Å². The van der Waals surface area contributed by atoms with Crippen molar-refractivity contribution in [1.29, 1.82) is 0 Å². The Kier molecular flexibility index (Phi) is 3.78. The van der Waals surface area contributed by atoms with E-state index in [2.05, 4.69) is 4.98 Å². The average Bonchev–Trinajstić information content (AvgIpc) is 2.79. The van der Waals surface area contributed by atoms with Gasteiger partial charge >= 0.3 is 0 Å². The fourth-order valence-electron chi connectivity index (χ4n) is 1.97. The first-order valence-corrected chi connectivity index (χ1v) is 6.02. The normalized spacial score (nSPS) is 15.4. The van der Waals surface area contributed by atoms with Gasteiger partial charge in [-0.2, -0.15) is 0 Å². The lowest BCUT2D eigenvalue weighted by Crippen LogP contribution is -2.27. The van der Waals surface area contributed by atoms with Crippen LogP contribution in [-0.2, 0) is 11.2 Å². The van der Waals surface area contributed by atoms with Crippen LogP contribution in [-0.4, -0.2) is 28.9 Å². The Morgan fingerprint density at radius 2 is 2.19 bits per heavy atom. The van der Waals surface area contributed by atoms with Gasteiger partial charge in [-0.05, 0) is 37.0 Å². The summed E-state index contributed by atoms with van der Waals surface area (Å²) in [5, 5.41) is 0.492. The molecule has 0 aromatic carbocycles. The fourth-order valence-corrected chi connectivity index (χ4v) is 2.17. The van der Waals surface area contributed by atoms with Gasteiger partial charge in [0, 0.05) is 25.7 Å². The highest BCUT2D eigenvalue weighted by atomic mass is 35.5. The van der Waals surface area contributed by atoms with Gasteiger partial charge in [-0.25, -0.2) is 4.98 Å². The van der Waals surface area contributed by atoms with E-state index in [1.54, 1.807) is 6.20 Å². The lowest BCUT2D eigenvalue weighted by Gasteiger charge is -2.14. The predicted molar refractivity (Wildman–Crippen MR) is 63.4 cm³/mol. The second-order valence-electron chi connectivity index (χ2n) is 4.07. The standard InChI is InChI=1S/C12H15ClN2O/c13-11-9-10(5-6-14-11)3-4-12(16)15-7-1-2-8-15/h5-6,9H,1-4,7-8H2. The van der Waals surface area contributed by atoms with E-state index in [0.29, 0.717) is 11.6 Å². The lowest BCUT2D eigenvalue weighted by atomic mass is 10.1. The molecule has 1 saturated heterocycles. The van der Waals surface area contributed by atoms with Crippen LogP contribution in [0.1, 0.15) is 24.8 Å². The number of hydrogen-bond donors (Lipinski definition) is 0. The third-order valence-electron chi connectivity index (χ3n) is 2.88. The molecule has 0 bridgehead atoms. The molecular formula is C12H15ClN2O. The zero-order valence-electron chi connectivity index (χ0n) is 9.16. The van der Waals surface area contributed by atoms with Gasteiger partial charge in [-0.15, -0.1) is 0 Å². The maximum atomic E-state index is 11.8. The van der Waals surface area contributed by atoms with Gasteiger partial charge in [0.15, 0.2) is 0 Å². The van der Waals surface area contributed by atoms with Crippen LogP contribution in [0, 0.1) is 0 Å². The van der Waals surface area contributed by atoms with Crippen molar-refractivity contribution in [2.75, 3.05) is 13.1 Å². The van der Waals surface area contributed by atoms with Crippen molar-refractivity contribution in [3.05, 3.63) is 29.0 Å². The second kappa shape index (κ2) is 5.30. The number of aryl methyl sites for hydroxylation is 1. The van der Waals surface area contributed by atoms with Crippen LogP contribution in [0.15, 0.2) is 18.3 Å². The van der Waals surface area contributed by atoms with Crippen LogP contribution in [0.2, 0.25) is 5.15 Å². The minimum absolute atomic E-state index is 0.255. The van der Waals surface area contributed by atoms with Crippen molar-refractivity contribution >= 4 is 17.5 Å². The van der Waals surface area contributed by atoms with Crippen LogP contribution >= 0.6 is 11.6 Å². The molecule has 0 saturated carbocycles. The van der Waals surface area contributed by atoms with Crippen molar-refractivity contribution in [2.45, 2.75) is 25.7 Å². The molecule has 2 heterocycles. The topological polar surface area (TPSA) is 33.2 Å². The number of carbonyl (C=O) groups is 1. The molecule has 0 N–H and O–H groups in total. The van der Waals surface area contributed by atoms with E-state index >= 15 is 0 Å². The number of nitrogens with zero attached hydrogens (tertiary/aromatic N) is 2. The summed E-state index contributed by atoms with van der Waals surface area (Å²) in [5.74, 6) is 0.255. The minimum Gasteiger partial charge on any atom is -0.343 e. The fraction of sp³-hybridized carbons (Fsp3) is 0.500. The smallest absolute Gasteiger partial charge is 0.222 e. The molecule has 0 spiro atoms. The highest BCUT2D eigenvalue weighted by Crippen LogP contribution is 2.12. The molecule has 1 fully saturated rings. The van der Waals surface area contributed by atoms with E-state index in [1.165, 1.54) is 0 Å². The molecule has 2 rings (SSSR count). The molecule has 0 aliphatic carbocycles. The van der Waals surface area contributed by atoms with Crippen molar-refractivity contribution in [2.24, 2.45) is 0 Å². The van der Waals surface area contributed by atoms with Gasteiger partial charge < -0.3 is 4.90 Å². The van der Waals surface area contributed by atoms with E-state index in [0.717, 1.165) is 37.9 Å². The number of likely N-dealkylation sites (tertiary alicyclic amines) is 1. The first-order chi connectivity index (χ1) is 7.75. The number of aromatic nitrogens is 1. The van der Waals surface area contributed by atoms with Gasteiger partial charge in [0.1, 0.15) is 5.15 Å². The maximum Gasteiger partial charge on any atom is 0.222 e. The van der Waals surface area contributed by atoms with E-state index < -0.39 is 0 Å². The molecule has 0 atom stereocenters. The zero-order valence-corrected chi connectivity index (χ0v) is 9.91. The molecule has 1 aliphatic rings. The molecule has 3 nitrogen and oxygen atoms in total. The van der Waals surface area contributed by atoms with Gasteiger partial charge in [0.25, 0.3) is 0 Å². The van der Waals surface area contributed by atoms with Crippen molar-refractivity contribution in [3.8, 4) is 0 Å². The van der Waals surface area contributed by atoms with Crippen molar-refractivity contribution < 1.29 is 4.79 Å². The zero-order chi connectivity index (χ0) is 11.4. The van der Waals surface area contributed by atoms with Crippen LogP contribution in [0.3, 0.4) is 0 Å². The maximum absolute atomic E-state index is 11.8. The molecular weight excluding hydrogens is 224 g/mol. The molecule has 0 unspecified atom stereocenters. The second-order valence-corrected chi connectivity index (χ2v) is 4.46. The summed E-state index contributed by atoms with van der Waals surface area (Å²) >= 11 is 5.78. The molecule has 1 aromatic rings. The van der Waals surface area contributed by atoms with Gasteiger partial charge in [-0.1, -0.05) is 11.6 Å². The Balaban J connectivity index is 1.84. The van der Waals surface area contributed by atoms with Crippen LogP contribution in [0.5, 0.6) is 0 Å². The van der Waals surface area contributed by atoms with E-state index in [9.17, 15) is 4.79 Å². The summed E-state index contributed by atoms with van der Waals surface area (Å²) in [6.07, 6.45) is 5.29. The van der Waals surface area contributed by atoms with Crippen molar-refractivity contribution in [1.82, 2.24) is 9.88 Å². The number of rotatable bonds is 3. The third kappa shape index (κ3) is 2.95. The number of hydrogen-bond acceptors (Lipinski definition) is 2. The monoisotopic (exact) mass is 238 g/mol. The Morgan fingerprint density at radius 3 is 2.88 bits per heavy atom. The van der Waals surface area contributed by atoms with Crippen LogP contribution < -0.4 is 0 Å². The molecule has 0 radical (unpaired) electrons. The van der Waals surface area contributed by atoms with E-state index in [4.69, 9.17) is 11.6 Å². The largest absolute Gasteiger partial charge is 0.343 e. The number of carbonyl (C=O) groups excluding carboxylic acids is 1. The van der Waals surface area contributed by atoms with Gasteiger partial charge in [-0.3, -0.25) is 4.79 Å². The summed E-state index contributed by atoms with van der Waals surface area (Å²) in [7, 11) is 0. The summed E-state index contributed by atoms with van der Waals surface area (Å²) in [5.41, 5.74) is 1.08. The van der Waals surface area contributed by atoms with Crippen LogP contribution in [0.4, 0.5) is 0 Å². The third-order valence-corrected chi connectivity index (χ3v) is 3.08. The number of amides is 1. The highest BCUT2D eigenvalue weighted by molar-refractivity contribution is 6.29. The molecule has 4 heteroatoms. The Morgan fingerprint density at radius 1 is 1.44 bits per heavy atom. The number of halogens is 1. The predicted octanol–water partition coefficient (Wildman–Crippen LogP) is 2.29. The molecule has 1 amide bonds. The summed E-state index contributed by atoms with van der Waals surface area (Å²) in [6.45, 7) is 1.85. The minimum atomic E-state index is 0.255. The van der Waals surface area contributed by atoms with Crippen LogP contribution in [0.25, 0.3) is 0 Å². The Hall–Kier alpha value is -1.09. The summed E-state index contributed by atoms with van der Waals surface area (Å²) in [4.78, 5) is 17.6. The average molecular weight is 239 g/mol. The Labute approximate surface area is 100 Å². The van der Waals surface area contributed by atoms with E-state index in [1.807, 2.05) is 17.0 Å². The lowest BCUT2D eigenvalue weighted by molar-refractivity contribution is -0.130. The van der Waals surface area contributed by atoms with Gasteiger partial charge in [0.05, 0.1) is 0 Å². The Bertz CT molecular complexity index is 375. The molecule has 86 valence electrons. The number of pyridine rings is 1. The SMILES string of the molecule is O=C(CCc1ccnc(Cl)c1)N1CCCC1.